The Kier molecular flexibility index (Phi) is 5.48. The predicted molar refractivity (Wildman–Crippen MR) is 96.9 cm³/mol. The topological polar surface area (TPSA) is 76.5 Å². The van der Waals surface area contributed by atoms with E-state index in [1.165, 1.54) is 0 Å². The van der Waals surface area contributed by atoms with Gasteiger partial charge < -0.3 is 4.74 Å². The van der Waals surface area contributed by atoms with E-state index in [1.807, 2.05) is 54.6 Å². The molecule has 25 heavy (non-hydrogen) atoms. The van der Waals surface area contributed by atoms with Gasteiger partial charge in [-0.1, -0.05) is 34.8 Å². The summed E-state index contributed by atoms with van der Waals surface area (Å²) in [5, 5.41) is 7.74. The molecule has 3 rings (SSSR count). The number of aromatic nitrogens is 2. The lowest BCUT2D eigenvalue weighted by Gasteiger charge is -2.06. The fraction of sp³-hybridized carbons (Fsp3) is 0.111. The highest BCUT2D eigenvalue weighted by Crippen LogP contribution is 2.13. The Morgan fingerprint density at radius 3 is 2.64 bits per heavy atom. The van der Waals surface area contributed by atoms with E-state index in [4.69, 9.17) is 4.74 Å². The van der Waals surface area contributed by atoms with E-state index in [-0.39, 0.29) is 5.91 Å². The van der Waals surface area contributed by atoms with E-state index in [0.29, 0.717) is 17.2 Å². The molecule has 1 N–H and O–H groups in total. The van der Waals surface area contributed by atoms with Gasteiger partial charge in [0.15, 0.2) is 0 Å². The first-order valence-corrected chi connectivity index (χ1v) is 8.39. The van der Waals surface area contributed by atoms with Gasteiger partial charge in [-0.25, -0.2) is 5.43 Å². The van der Waals surface area contributed by atoms with Crippen LogP contribution in [0, 0.1) is 6.92 Å². The molecule has 3 aromatic rings. The Balaban J connectivity index is 1.52. The maximum Gasteiger partial charge on any atom is 0.285 e. The number of nitrogens with zero attached hydrogens (tertiary/aromatic N) is 3. The number of rotatable bonds is 6. The summed E-state index contributed by atoms with van der Waals surface area (Å²) in [4.78, 5) is 12.3. The molecule has 0 radical (unpaired) electrons. The number of benzene rings is 2. The Hall–Kier alpha value is -3.06. The van der Waals surface area contributed by atoms with Gasteiger partial charge in [0.05, 0.1) is 11.9 Å². The number of ether oxygens (including phenoxy) is 1. The fourth-order valence-electron chi connectivity index (χ4n) is 2.05. The lowest BCUT2D eigenvalue weighted by molar-refractivity contribution is 0.0958. The fourth-order valence-corrected chi connectivity index (χ4v) is 2.59. The van der Waals surface area contributed by atoms with Crippen LogP contribution in [-0.2, 0) is 6.61 Å². The Morgan fingerprint density at radius 2 is 1.96 bits per heavy atom. The van der Waals surface area contributed by atoms with Crippen LogP contribution in [-0.4, -0.2) is 21.7 Å². The molecule has 1 aromatic heterocycles. The number of hydrogen-bond donors (Lipinski definition) is 1. The molecule has 1 heterocycles. The second-order valence-electron chi connectivity index (χ2n) is 5.23. The maximum absolute atomic E-state index is 11.9. The van der Waals surface area contributed by atoms with Gasteiger partial charge in [0.25, 0.3) is 5.91 Å². The normalized spacial score (nSPS) is 10.8. The lowest BCUT2D eigenvalue weighted by atomic mass is 10.2. The van der Waals surface area contributed by atoms with Crippen molar-refractivity contribution in [3.05, 3.63) is 76.3 Å². The number of carbonyl (C=O) groups is 1. The van der Waals surface area contributed by atoms with Crippen LogP contribution in [0.1, 0.15) is 26.5 Å². The molecule has 0 spiro atoms. The van der Waals surface area contributed by atoms with Crippen molar-refractivity contribution in [3.8, 4) is 5.75 Å². The molecule has 0 unspecified atom stereocenters. The molecular formula is C18H16N4O2S. The smallest absolute Gasteiger partial charge is 0.285 e. The molecule has 7 heteroatoms. The summed E-state index contributed by atoms with van der Waals surface area (Å²) in [6, 6.07) is 17.4. The Morgan fingerprint density at radius 1 is 1.20 bits per heavy atom. The summed E-state index contributed by atoms with van der Waals surface area (Å²) < 4.78 is 9.45. The summed E-state index contributed by atoms with van der Waals surface area (Å²) >= 11 is 1.05. The second kappa shape index (κ2) is 8.16. The van der Waals surface area contributed by atoms with Gasteiger partial charge in [0.2, 0.25) is 0 Å². The predicted octanol–water partition coefficient (Wildman–Crippen LogP) is 3.19. The molecule has 0 aliphatic rings. The summed E-state index contributed by atoms with van der Waals surface area (Å²) in [5.74, 6) is 0.461. The molecule has 0 saturated heterocycles. The van der Waals surface area contributed by atoms with Gasteiger partial charge in [-0.05, 0) is 53.8 Å². The average Bonchev–Trinajstić information content (AvgIpc) is 3.08. The number of carbonyl (C=O) groups excluding carboxylic acids is 1. The van der Waals surface area contributed by atoms with Gasteiger partial charge in [-0.15, -0.1) is 5.10 Å². The molecule has 2 aromatic carbocycles. The molecule has 0 aliphatic carbocycles. The third-order valence-corrected chi connectivity index (χ3v) is 4.19. The minimum atomic E-state index is -0.313. The lowest BCUT2D eigenvalue weighted by Crippen LogP contribution is -2.17. The first-order chi connectivity index (χ1) is 12.2. The molecule has 0 aliphatic heterocycles. The Bertz CT molecular complexity index is 860. The first kappa shape index (κ1) is 16.8. The van der Waals surface area contributed by atoms with E-state index in [2.05, 4.69) is 20.1 Å². The largest absolute Gasteiger partial charge is 0.489 e. The molecule has 6 nitrogen and oxygen atoms in total. The third-order valence-electron chi connectivity index (χ3n) is 3.37. The van der Waals surface area contributed by atoms with Crippen molar-refractivity contribution in [1.82, 2.24) is 15.0 Å². The van der Waals surface area contributed by atoms with Crippen molar-refractivity contribution in [3.63, 3.8) is 0 Å². The molecule has 0 atom stereocenters. The van der Waals surface area contributed by atoms with Crippen molar-refractivity contribution in [2.45, 2.75) is 13.5 Å². The van der Waals surface area contributed by atoms with Crippen LogP contribution in [0.25, 0.3) is 0 Å². The zero-order chi connectivity index (χ0) is 17.5. The summed E-state index contributed by atoms with van der Waals surface area (Å²) in [7, 11) is 0. The van der Waals surface area contributed by atoms with Crippen LogP contribution in [0.2, 0.25) is 0 Å². The van der Waals surface area contributed by atoms with Gasteiger partial charge in [0.1, 0.15) is 17.2 Å². The van der Waals surface area contributed by atoms with Crippen molar-refractivity contribution in [1.29, 1.82) is 0 Å². The minimum Gasteiger partial charge on any atom is -0.489 e. The van der Waals surface area contributed by atoms with Gasteiger partial charge >= 0.3 is 0 Å². The van der Waals surface area contributed by atoms with Crippen molar-refractivity contribution < 1.29 is 9.53 Å². The molecule has 0 fully saturated rings. The van der Waals surface area contributed by atoms with Crippen LogP contribution in [0.15, 0.2) is 59.7 Å². The SMILES string of the molecule is Cc1nnsc1C(=O)N/N=C/c1ccc(OCc2ccccc2)cc1. The number of amides is 1. The molecule has 0 bridgehead atoms. The number of hydrazone groups is 1. The van der Waals surface area contributed by atoms with E-state index in [0.717, 1.165) is 28.4 Å². The summed E-state index contributed by atoms with van der Waals surface area (Å²) in [6.07, 6.45) is 1.57. The standard InChI is InChI=1S/C18H16N4O2S/c1-13-17(25-22-20-13)18(23)21-19-11-14-7-9-16(10-8-14)24-12-15-5-3-2-4-6-15/h2-11H,12H2,1H3,(H,21,23)/b19-11+. The van der Waals surface area contributed by atoms with Crippen LogP contribution in [0.5, 0.6) is 5.75 Å². The van der Waals surface area contributed by atoms with Crippen molar-refractivity contribution >= 4 is 23.7 Å². The highest BCUT2D eigenvalue weighted by atomic mass is 32.1. The van der Waals surface area contributed by atoms with E-state index < -0.39 is 0 Å². The summed E-state index contributed by atoms with van der Waals surface area (Å²) in [6.45, 7) is 2.25. The van der Waals surface area contributed by atoms with Gasteiger partial charge in [-0.2, -0.15) is 5.10 Å². The molecule has 126 valence electrons. The van der Waals surface area contributed by atoms with Crippen LogP contribution in [0.4, 0.5) is 0 Å². The van der Waals surface area contributed by atoms with Crippen LogP contribution >= 0.6 is 11.5 Å². The first-order valence-electron chi connectivity index (χ1n) is 7.61. The molecule has 0 saturated carbocycles. The summed E-state index contributed by atoms with van der Waals surface area (Å²) in [5.41, 5.74) is 5.03. The number of nitrogens with one attached hydrogen (secondary N) is 1. The number of hydrogen-bond acceptors (Lipinski definition) is 6. The zero-order valence-electron chi connectivity index (χ0n) is 13.5. The van der Waals surface area contributed by atoms with E-state index in [1.54, 1.807) is 13.1 Å². The third kappa shape index (κ3) is 4.71. The average molecular weight is 352 g/mol. The quantitative estimate of drug-likeness (QED) is 0.546. The monoisotopic (exact) mass is 352 g/mol. The van der Waals surface area contributed by atoms with Gasteiger partial charge in [-0.3, -0.25) is 4.79 Å². The van der Waals surface area contributed by atoms with E-state index >= 15 is 0 Å². The maximum atomic E-state index is 11.9. The van der Waals surface area contributed by atoms with E-state index in [9.17, 15) is 4.79 Å². The highest BCUT2D eigenvalue weighted by molar-refractivity contribution is 7.07. The van der Waals surface area contributed by atoms with Crippen molar-refractivity contribution in [2.24, 2.45) is 5.10 Å². The zero-order valence-corrected chi connectivity index (χ0v) is 14.4. The second-order valence-corrected chi connectivity index (χ2v) is 5.98. The van der Waals surface area contributed by atoms with Crippen LogP contribution in [0.3, 0.4) is 0 Å². The molecular weight excluding hydrogens is 336 g/mol. The van der Waals surface area contributed by atoms with Crippen molar-refractivity contribution in [2.75, 3.05) is 0 Å². The minimum absolute atomic E-state index is 0.313. The van der Waals surface area contributed by atoms with Crippen LogP contribution < -0.4 is 10.2 Å². The molecule has 1 amide bonds. The van der Waals surface area contributed by atoms with Gasteiger partial charge in [0, 0.05) is 0 Å². The number of aryl methyl sites for hydroxylation is 1. The Labute approximate surface area is 149 Å². The highest BCUT2D eigenvalue weighted by Gasteiger charge is 2.11.